The Morgan fingerprint density at radius 3 is 3.05 bits per heavy atom. The monoisotopic (exact) mass is 294 g/mol. The first kappa shape index (κ1) is 14.5. The number of carbonyl (C=O) groups is 1. The number of nitrogens with zero attached hydrogens (tertiary/aromatic N) is 1. The Morgan fingerprint density at radius 2 is 2.33 bits per heavy atom. The summed E-state index contributed by atoms with van der Waals surface area (Å²) in [6.07, 6.45) is 1.91. The Kier molecular flexibility index (Phi) is 3.99. The summed E-state index contributed by atoms with van der Waals surface area (Å²) >= 11 is 0. The molecule has 21 heavy (non-hydrogen) atoms. The van der Waals surface area contributed by atoms with Crippen LogP contribution < -0.4 is 5.32 Å². The lowest BCUT2D eigenvalue weighted by Crippen LogP contribution is -2.62. The van der Waals surface area contributed by atoms with E-state index >= 15 is 0 Å². The van der Waals surface area contributed by atoms with Gasteiger partial charge in [-0.2, -0.15) is 0 Å². The fourth-order valence-corrected chi connectivity index (χ4v) is 3.61. The van der Waals surface area contributed by atoms with E-state index in [1.807, 2.05) is 6.92 Å². The summed E-state index contributed by atoms with van der Waals surface area (Å²) in [5.41, 5.74) is 1.29. The van der Waals surface area contributed by atoms with E-state index in [2.05, 4.69) is 10.5 Å². The van der Waals surface area contributed by atoms with Crippen molar-refractivity contribution in [3.63, 3.8) is 0 Å². The van der Waals surface area contributed by atoms with E-state index in [4.69, 9.17) is 14.0 Å². The minimum atomic E-state index is -0.0953. The normalized spacial score (nSPS) is 30.8. The van der Waals surface area contributed by atoms with Crippen molar-refractivity contribution in [1.82, 2.24) is 10.5 Å². The Labute approximate surface area is 124 Å². The fourth-order valence-electron chi connectivity index (χ4n) is 3.61. The highest BCUT2D eigenvalue weighted by molar-refractivity contribution is 5.96. The van der Waals surface area contributed by atoms with Gasteiger partial charge in [0.05, 0.1) is 18.4 Å². The molecule has 0 bridgehead atoms. The molecule has 116 valence electrons. The SMILES string of the molecule is CCc1noc(C)c1C(=O)N[C@H]1[C@@H]2CCO[C@@H]2[C@H]1COC. The summed E-state index contributed by atoms with van der Waals surface area (Å²) in [7, 11) is 1.68. The third-order valence-corrected chi connectivity index (χ3v) is 4.68. The first-order valence-electron chi connectivity index (χ1n) is 7.53. The third kappa shape index (κ3) is 2.36. The van der Waals surface area contributed by atoms with Gasteiger partial charge >= 0.3 is 0 Å². The van der Waals surface area contributed by atoms with Crippen LogP contribution in [-0.4, -0.2) is 43.5 Å². The van der Waals surface area contributed by atoms with Crippen LogP contribution in [0, 0.1) is 18.8 Å². The molecular formula is C15H22N2O4. The number of rotatable bonds is 5. The molecule has 1 aliphatic carbocycles. The van der Waals surface area contributed by atoms with Gasteiger partial charge in [-0.25, -0.2) is 0 Å². The summed E-state index contributed by atoms with van der Waals surface area (Å²) in [5.74, 6) is 1.12. The molecule has 0 unspecified atom stereocenters. The largest absolute Gasteiger partial charge is 0.384 e. The molecule has 6 heteroatoms. The van der Waals surface area contributed by atoms with E-state index in [-0.39, 0.29) is 24.0 Å². The van der Waals surface area contributed by atoms with Gasteiger partial charge in [0.2, 0.25) is 0 Å². The molecule has 2 aliphatic rings. The number of aryl methyl sites for hydroxylation is 2. The second kappa shape index (κ2) is 5.77. The highest BCUT2D eigenvalue weighted by Crippen LogP contribution is 2.43. The molecule has 1 aromatic heterocycles. The van der Waals surface area contributed by atoms with E-state index < -0.39 is 0 Å². The summed E-state index contributed by atoms with van der Waals surface area (Å²) in [6.45, 7) is 5.12. The Hall–Kier alpha value is -1.40. The Balaban J connectivity index is 1.73. The number of carbonyl (C=O) groups excluding carboxylic acids is 1. The van der Waals surface area contributed by atoms with Gasteiger partial charge in [-0.15, -0.1) is 0 Å². The van der Waals surface area contributed by atoms with Gasteiger partial charge in [0, 0.05) is 31.6 Å². The summed E-state index contributed by atoms with van der Waals surface area (Å²) in [5, 5.41) is 7.08. The molecule has 1 saturated heterocycles. The van der Waals surface area contributed by atoms with Gasteiger partial charge in [0.15, 0.2) is 0 Å². The number of amides is 1. The van der Waals surface area contributed by atoms with E-state index in [1.165, 1.54) is 0 Å². The van der Waals surface area contributed by atoms with Crippen molar-refractivity contribution in [2.45, 2.75) is 38.8 Å². The average Bonchev–Trinajstić information content (AvgIpc) is 3.06. The lowest BCUT2D eigenvalue weighted by atomic mass is 9.67. The maximum absolute atomic E-state index is 12.6. The molecule has 6 nitrogen and oxygen atoms in total. The molecule has 0 aromatic carbocycles. The molecule has 1 N–H and O–H groups in total. The predicted molar refractivity (Wildman–Crippen MR) is 75.1 cm³/mol. The van der Waals surface area contributed by atoms with Crippen LogP contribution in [0.25, 0.3) is 0 Å². The van der Waals surface area contributed by atoms with E-state index in [0.29, 0.717) is 36.0 Å². The van der Waals surface area contributed by atoms with Gasteiger partial charge in [0.25, 0.3) is 5.91 Å². The van der Waals surface area contributed by atoms with Crippen LogP contribution >= 0.6 is 0 Å². The quantitative estimate of drug-likeness (QED) is 0.886. The first-order valence-corrected chi connectivity index (χ1v) is 7.53. The maximum Gasteiger partial charge on any atom is 0.257 e. The van der Waals surface area contributed by atoms with Crippen molar-refractivity contribution in [3.8, 4) is 0 Å². The predicted octanol–water partition coefficient (Wildman–Crippen LogP) is 1.33. The summed E-state index contributed by atoms with van der Waals surface area (Å²) < 4.78 is 16.1. The maximum atomic E-state index is 12.6. The molecule has 0 spiro atoms. The van der Waals surface area contributed by atoms with Crippen LogP contribution in [0.2, 0.25) is 0 Å². The number of hydrogen-bond acceptors (Lipinski definition) is 5. The zero-order valence-corrected chi connectivity index (χ0v) is 12.7. The zero-order valence-electron chi connectivity index (χ0n) is 12.7. The van der Waals surface area contributed by atoms with E-state index in [1.54, 1.807) is 14.0 Å². The standard InChI is InChI=1S/C15H22N2O4/c1-4-11-12(8(2)21-17-11)15(18)16-13-9-5-6-20-14(9)10(13)7-19-3/h9-10,13-14H,4-7H2,1-3H3,(H,16,18)/t9-,10-,13-,14-/m0/s1. The summed E-state index contributed by atoms with van der Waals surface area (Å²) in [4.78, 5) is 12.6. The molecule has 1 aliphatic heterocycles. The molecule has 3 rings (SSSR count). The molecular weight excluding hydrogens is 272 g/mol. The van der Waals surface area contributed by atoms with Gasteiger partial charge in [-0.1, -0.05) is 12.1 Å². The van der Waals surface area contributed by atoms with Crippen LogP contribution in [0.5, 0.6) is 0 Å². The Morgan fingerprint density at radius 1 is 1.52 bits per heavy atom. The van der Waals surface area contributed by atoms with Crippen molar-refractivity contribution in [2.24, 2.45) is 11.8 Å². The van der Waals surface area contributed by atoms with E-state index in [9.17, 15) is 4.79 Å². The zero-order chi connectivity index (χ0) is 15.0. The van der Waals surface area contributed by atoms with Crippen molar-refractivity contribution in [3.05, 3.63) is 17.0 Å². The number of aromatic nitrogens is 1. The highest BCUT2D eigenvalue weighted by atomic mass is 16.5. The summed E-state index contributed by atoms with van der Waals surface area (Å²) in [6, 6.07) is 0.115. The van der Waals surface area contributed by atoms with Gasteiger partial charge in [-0.3, -0.25) is 4.79 Å². The second-order valence-corrected chi connectivity index (χ2v) is 5.82. The molecule has 1 aromatic rings. The van der Waals surface area contributed by atoms with Crippen LogP contribution in [0.4, 0.5) is 0 Å². The smallest absolute Gasteiger partial charge is 0.257 e. The van der Waals surface area contributed by atoms with Crippen LogP contribution in [-0.2, 0) is 15.9 Å². The van der Waals surface area contributed by atoms with Crippen LogP contribution in [0.3, 0.4) is 0 Å². The molecule has 2 fully saturated rings. The first-order chi connectivity index (χ1) is 10.2. The minimum absolute atomic E-state index is 0.0953. The molecule has 1 amide bonds. The van der Waals surface area contributed by atoms with E-state index in [0.717, 1.165) is 13.0 Å². The fraction of sp³-hybridized carbons (Fsp3) is 0.733. The highest BCUT2D eigenvalue weighted by Gasteiger charge is 2.54. The number of methoxy groups -OCH3 is 1. The second-order valence-electron chi connectivity index (χ2n) is 5.82. The minimum Gasteiger partial charge on any atom is -0.384 e. The molecule has 1 saturated carbocycles. The average molecular weight is 294 g/mol. The number of ether oxygens (including phenoxy) is 2. The third-order valence-electron chi connectivity index (χ3n) is 4.68. The van der Waals surface area contributed by atoms with Crippen molar-refractivity contribution in [2.75, 3.05) is 20.3 Å². The van der Waals surface area contributed by atoms with Crippen molar-refractivity contribution in [1.29, 1.82) is 0 Å². The van der Waals surface area contributed by atoms with Gasteiger partial charge < -0.3 is 19.3 Å². The molecule has 0 radical (unpaired) electrons. The lowest BCUT2D eigenvalue weighted by molar-refractivity contribution is -0.0809. The molecule has 2 heterocycles. The molecule has 4 atom stereocenters. The topological polar surface area (TPSA) is 73.6 Å². The van der Waals surface area contributed by atoms with Crippen molar-refractivity contribution < 1.29 is 18.8 Å². The number of fused-ring (bicyclic) bond motifs is 1. The van der Waals surface area contributed by atoms with Gasteiger partial charge in [-0.05, 0) is 19.8 Å². The Bertz CT molecular complexity index is 528. The number of hydrogen-bond donors (Lipinski definition) is 1. The van der Waals surface area contributed by atoms with Gasteiger partial charge in [0.1, 0.15) is 11.3 Å². The van der Waals surface area contributed by atoms with Crippen molar-refractivity contribution >= 4 is 5.91 Å². The lowest BCUT2D eigenvalue weighted by Gasteiger charge is -2.47. The van der Waals surface area contributed by atoms with Crippen LogP contribution in [0.15, 0.2) is 4.52 Å². The van der Waals surface area contributed by atoms with Crippen LogP contribution in [0.1, 0.15) is 35.2 Å². The number of nitrogens with one attached hydrogen (secondary N) is 1.